The monoisotopic (exact) mass is 397 g/mol. The largest absolute Gasteiger partial charge is 0.497 e. The lowest BCUT2D eigenvalue weighted by Crippen LogP contribution is -2.23. The second-order valence-corrected chi connectivity index (χ2v) is 6.53. The summed E-state index contributed by atoms with van der Waals surface area (Å²) >= 11 is 5.52. The highest BCUT2D eigenvalue weighted by molar-refractivity contribution is 6.18. The number of amides is 1. The molecule has 1 aromatic carbocycles. The van der Waals surface area contributed by atoms with Crippen LogP contribution in [0.5, 0.6) is 5.75 Å². The lowest BCUT2D eigenvalue weighted by atomic mass is 10.0. The minimum Gasteiger partial charge on any atom is -0.497 e. The summed E-state index contributed by atoms with van der Waals surface area (Å²) in [5.74, 6) is 0.982. The highest BCUT2D eigenvalue weighted by Crippen LogP contribution is 2.34. The van der Waals surface area contributed by atoms with E-state index in [0.29, 0.717) is 17.7 Å². The van der Waals surface area contributed by atoms with Gasteiger partial charge in [-0.15, -0.1) is 11.6 Å². The third-order valence-corrected chi connectivity index (χ3v) is 4.63. The first-order chi connectivity index (χ1) is 13.6. The van der Waals surface area contributed by atoms with E-state index in [1.165, 1.54) is 0 Å². The first-order valence-electron chi connectivity index (χ1n) is 8.73. The van der Waals surface area contributed by atoms with Gasteiger partial charge in [0.15, 0.2) is 0 Å². The number of aryl methyl sites for hydroxylation is 1. The summed E-state index contributed by atoms with van der Waals surface area (Å²) < 4.78 is 12.2. The van der Waals surface area contributed by atoms with E-state index >= 15 is 0 Å². The predicted molar refractivity (Wildman–Crippen MR) is 109 cm³/mol. The molecule has 0 atom stereocenters. The fraction of sp³-hybridized carbons (Fsp3) is 0.238. The summed E-state index contributed by atoms with van der Waals surface area (Å²) in [4.78, 5) is 11.7. The van der Waals surface area contributed by atoms with Crippen LogP contribution >= 0.6 is 11.6 Å². The smallest absolute Gasteiger partial charge is 0.411 e. The fourth-order valence-corrected chi connectivity index (χ4v) is 3.28. The first kappa shape index (κ1) is 19.6. The molecule has 1 aromatic heterocycles. The Balaban J connectivity index is 1.98. The molecular formula is C21H20ClN3O3. The number of allylic oxidation sites excluding steroid dienone is 5. The normalized spacial score (nSPS) is 13.4. The molecule has 0 saturated carbocycles. The number of rotatable bonds is 5. The topological polar surface area (TPSA) is 76.3 Å². The average molecular weight is 398 g/mol. The summed E-state index contributed by atoms with van der Waals surface area (Å²) in [6.45, 7) is 0.149. The molecule has 1 aliphatic rings. The number of halogens is 1. The molecule has 3 rings (SSSR count). The van der Waals surface area contributed by atoms with Crippen LogP contribution in [0.4, 0.5) is 4.79 Å². The first-order valence-corrected chi connectivity index (χ1v) is 9.26. The summed E-state index contributed by atoms with van der Waals surface area (Å²) in [5.41, 5.74) is 3.96. The number of hydrogen-bond acceptors (Lipinski definition) is 4. The van der Waals surface area contributed by atoms with Gasteiger partial charge in [0.1, 0.15) is 18.4 Å². The maximum Gasteiger partial charge on any atom is 0.411 e. The SMILES string of the molecule is COc1ccc2c(C#N)c(C3=CC=C(NC(=O)OCCCl)C=CC3)n(C)c2c1. The zero-order valence-corrected chi connectivity index (χ0v) is 16.4. The van der Waals surface area contributed by atoms with Crippen molar-refractivity contribution in [1.29, 1.82) is 5.26 Å². The molecule has 1 amide bonds. The maximum absolute atomic E-state index is 11.7. The Labute approximate surface area is 168 Å². The van der Waals surface area contributed by atoms with E-state index in [1.54, 1.807) is 13.2 Å². The highest BCUT2D eigenvalue weighted by atomic mass is 35.5. The second kappa shape index (κ2) is 8.68. The van der Waals surface area contributed by atoms with E-state index < -0.39 is 6.09 Å². The van der Waals surface area contributed by atoms with Gasteiger partial charge in [-0.1, -0.05) is 12.2 Å². The molecule has 0 aliphatic heterocycles. The predicted octanol–water partition coefficient (Wildman–Crippen LogP) is 4.25. The molecule has 1 N–H and O–H groups in total. The molecule has 0 saturated heterocycles. The number of hydrogen-bond donors (Lipinski definition) is 1. The molecule has 0 bridgehead atoms. The Morgan fingerprint density at radius 3 is 2.93 bits per heavy atom. The summed E-state index contributed by atoms with van der Waals surface area (Å²) in [5, 5.41) is 13.3. The molecule has 7 heteroatoms. The number of alkyl carbamates (subject to hydrolysis) is 1. The standard InChI is InChI=1S/C21H20ClN3O3/c1-25-19-12-16(27-2)8-9-17(19)18(13-23)20(25)14-4-3-5-15(7-6-14)24-21(26)28-11-10-22/h3,5-9,12H,4,10-11H2,1-2H3,(H,24,26). The Morgan fingerprint density at radius 1 is 1.39 bits per heavy atom. The number of carbonyl (C=O) groups excluding carboxylic acids is 1. The third-order valence-electron chi connectivity index (χ3n) is 4.48. The highest BCUT2D eigenvalue weighted by Gasteiger charge is 2.19. The van der Waals surface area contributed by atoms with E-state index in [2.05, 4.69) is 11.4 Å². The molecule has 1 heterocycles. The number of nitriles is 1. The van der Waals surface area contributed by atoms with Crippen LogP contribution in [-0.4, -0.2) is 30.3 Å². The molecule has 0 spiro atoms. The maximum atomic E-state index is 11.7. The quantitative estimate of drug-likeness (QED) is 0.765. The number of nitrogens with one attached hydrogen (secondary N) is 1. The van der Waals surface area contributed by atoms with E-state index in [0.717, 1.165) is 27.9 Å². The molecule has 0 radical (unpaired) electrons. The van der Waals surface area contributed by atoms with Gasteiger partial charge in [0, 0.05) is 24.2 Å². The number of methoxy groups -OCH3 is 1. The van der Waals surface area contributed by atoms with Crippen LogP contribution in [0.25, 0.3) is 16.5 Å². The number of aromatic nitrogens is 1. The van der Waals surface area contributed by atoms with Crippen LogP contribution < -0.4 is 10.1 Å². The van der Waals surface area contributed by atoms with E-state index in [9.17, 15) is 10.1 Å². The molecule has 2 aromatic rings. The summed E-state index contributed by atoms with van der Waals surface area (Å²) in [7, 11) is 3.55. The number of alkyl halides is 1. The Hall–Kier alpha value is -3.17. The van der Waals surface area contributed by atoms with Crippen LogP contribution in [0.15, 0.2) is 48.2 Å². The minimum absolute atomic E-state index is 0.149. The van der Waals surface area contributed by atoms with Crippen LogP contribution in [0.3, 0.4) is 0 Å². The number of ether oxygens (including phenoxy) is 2. The van der Waals surface area contributed by atoms with Crippen molar-refractivity contribution in [3.63, 3.8) is 0 Å². The van der Waals surface area contributed by atoms with Gasteiger partial charge < -0.3 is 14.0 Å². The Bertz CT molecular complexity index is 1040. The van der Waals surface area contributed by atoms with Crippen LogP contribution in [0.1, 0.15) is 17.7 Å². The van der Waals surface area contributed by atoms with Crippen molar-refractivity contribution in [2.24, 2.45) is 7.05 Å². The van der Waals surface area contributed by atoms with E-state index in [-0.39, 0.29) is 12.5 Å². The molecular weight excluding hydrogens is 378 g/mol. The van der Waals surface area contributed by atoms with Gasteiger partial charge in [0.05, 0.1) is 29.8 Å². The molecule has 0 unspecified atom stereocenters. The molecule has 1 aliphatic carbocycles. The average Bonchev–Trinajstić information content (AvgIpc) is 2.84. The van der Waals surface area contributed by atoms with Gasteiger partial charge in [0.25, 0.3) is 0 Å². The number of fused-ring (bicyclic) bond motifs is 1. The van der Waals surface area contributed by atoms with Crippen molar-refractivity contribution in [2.45, 2.75) is 6.42 Å². The molecule has 28 heavy (non-hydrogen) atoms. The summed E-state index contributed by atoms with van der Waals surface area (Å²) in [6, 6.07) is 8.00. The number of carbonyl (C=O) groups is 1. The van der Waals surface area contributed by atoms with Crippen LogP contribution in [0, 0.1) is 11.3 Å². The van der Waals surface area contributed by atoms with Crippen LogP contribution in [0.2, 0.25) is 0 Å². The summed E-state index contributed by atoms with van der Waals surface area (Å²) in [6.07, 6.45) is 7.51. The van der Waals surface area contributed by atoms with Gasteiger partial charge >= 0.3 is 6.09 Å². The van der Waals surface area contributed by atoms with Crippen molar-refractivity contribution in [3.8, 4) is 11.8 Å². The van der Waals surface area contributed by atoms with E-state index in [4.69, 9.17) is 21.1 Å². The Kier molecular flexibility index (Phi) is 6.07. The third kappa shape index (κ3) is 3.90. The zero-order valence-electron chi connectivity index (χ0n) is 15.7. The van der Waals surface area contributed by atoms with Gasteiger partial charge in [-0.05, 0) is 36.3 Å². The van der Waals surface area contributed by atoms with Crippen molar-refractivity contribution >= 4 is 34.2 Å². The van der Waals surface area contributed by atoms with Crippen molar-refractivity contribution < 1.29 is 14.3 Å². The van der Waals surface area contributed by atoms with Crippen molar-refractivity contribution in [1.82, 2.24) is 9.88 Å². The van der Waals surface area contributed by atoms with Crippen molar-refractivity contribution in [3.05, 3.63) is 59.5 Å². The lowest BCUT2D eigenvalue weighted by Gasteiger charge is -2.07. The lowest BCUT2D eigenvalue weighted by molar-refractivity contribution is 0.156. The van der Waals surface area contributed by atoms with Crippen LogP contribution in [-0.2, 0) is 11.8 Å². The number of nitrogens with zero attached hydrogens (tertiary/aromatic N) is 2. The molecule has 144 valence electrons. The second-order valence-electron chi connectivity index (χ2n) is 6.15. The van der Waals surface area contributed by atoms with Gasteiger partial charge in [-0.25, -0.2) is 4.79 Å². The fourth-order valence-electron chi connectivity index (χ4n) is 3.20. The zero-order chi connectivity index (χ0) is 20.1. The van der Waals surface area contributed by atoms with Gasteiger partial charge in [-0.2, -0.15) is 5.26 Å². The molecule has 6 nitrogen and oxygen atoms in total. The van der Waals surface area contributed by atoms with Gasteiger partial charge in [0.2, 0.25) is 0 Å². The van der Waals surface area contributed by atoms with Crippen molar-refractivity contribution in [2.75, 3.05) is 19.6 Å². The minimum atomic E-state index is -0.553. The Morgan fingerprint density at radius 2 is 2.21 bits per heavy atom. The van der Waals surface area contributed by atoms with Gasteiger partial charge in [-0.3, -0.25) is 5.32 Å². The van der Waals surface area contributed by atoms with E-state index in [1.807, 2.05) is 48.0 Å². The molecule has 0 fully saturated rings. The number of benzene rings is 1.